The van der Waals surface area contributed by atoms with Crippen LogP contribution >= 0.6 is 0 Å². The molecule has 1 saturated heterocycles. The second kappa shape index (κ2) is 10.0. The number of ketones is 1. The fourth-order valence-corrected chi connectivity index (χ4v) is 3.41. The Morgan fingerprint density at radius 1 is 1.10 bits per heavy atom. The average molecular weight is 422 g/mol. The van der Waals surface area contributed by atoms with E-state index in [1.54, 1.807) is 29.2 Å². The highest BCUT2D eigenvalue weighted by molar-refractivity contribution is 5.97. The van der Waals surface area contributed by atoms with E-state index in [-0.39, 0.29) is 18.1 Å². The summed E-state index contributed by atoms with van der Waals surface area (Å²) in [6, 6.07) is 16.3. The van der Waals surface area contributed by atoms with E-state index in [1.807, 2.05) is 30.3 Å². The van der Waals surface area contributed by atoms with E-state index in [1.165, 1.54) is 13.8 Å². The number of carbonyl (C=O) groups excluding carboxylic acids is 4. The monoisotopic (exact) mass is 422 g/mol. The van der Waals surface area contributed by atoms with Crippen LogP contribution in [-0.4, -0.2) is 47.7 Å². The Morgan fingerprint density at radius 3 is 2.42 bits per heavy atom. The first-order valence-corrected chi connectivity index (χ1v) is 10.3. The van der Waals surface area contributed by atoms with Crippen molar-refractivity contribution in [3.05, 3.63) is 65.7 Å². The van der Waals surface area contributed by atoms with Crippen LogP contribution in [-0.2, 0) is 25.5 Å². The fourth-order valence-electron chi connectivity index (χ4n) is 3.41. The minimum Gasteiger partial charge on any atom is -0.452 e. The predicted octanol–water partition coefficient (Wildman–Crippen LogP) is 2.85. The highest BCUT2D eigenvalue weighted by atomic mass is 16.5. The molecule has 1 aliphatic heterocycles. The maximum Gasteiger partial charge on any atom is 0.312 e. The number of ether oxygens (including phenoxy) is 1. The summed E-state index contributed by atoms with van der Waals surface area (Å²) >= 11 is 0. The van der Waals surface area contributed by atoms with Crippen molar-refractivity contribution in [3.8, 4) is 0 Å². The number of carbonyl (C=O) groups is 4. The Kier molecular flexibility index (Phi) is 7.18. The standard InChI is InChI=1S/C24H26N2O5/c1-16(27)19-8-10-21(11-9-19)25-23(29)17(2)31-24(30)20-14-22(28)26(15-20)13-12-18-6-4-3-5-7-18/h3-11,17,20H,12-15H2,1-2H3,(H,25,29)/t17-,20+/m0/s1. The van der Waals surface area contributed by atoms with Gasteiger partial charge in [0.15, 0.2) is 11.9 Å². The summed E-state index contributed by atoms with van der Waals surface area (Å²) in [7, 11) is 0. The van der Waals surface area contributed by atoms with Crippen LogP contribution in [0.5, 0.6) is 0 Å². The molecule has 7 nitrogen and oxygen atoms in total. The summed E-state index contributed by atoms with van der Waals surface area (Å²) in [5, 5.41) is 2.65. The molecule has 31 heavy (non-hydrogen) atoms. The number of likely N-dealkylation sites (tertiary alicyclic amines) is 1. The summed E-state index contributed by atoms with van der Waals surface area (Å²) in [5.74, 6) is -1.75. The third-order valence-corrected chi connectivity index (χ3v) is 5.28. The second-order valence-electron chi connectivity index (χ2n) is 7.68. The summed E-state index contributed by atoms with van der Waals surface area (Å²) in [6.45, 7) is 3.79. The molecule has 1 heterocycles. The van der Waals surface area contributed by atoms with Crippen molar-refractivity contribution in [1.29, 1.82) is 0 Å². The zero-order valence-electron chi connectivity index (χ0n) is 17.7. The number of rotatable bonds is 8. The molecule has 2 aromatic rings. The van der Waals surface area contributed by atoms with Crippen LogP contribution in [0.4, 0.5) is 5.69 Å². The SMILES string of the molecule is CC(=O)c1ccc(NC(=O)[C@H](C)OC(=O)[C@@H]2CC(=O)N(CCc3ccccc3)C2)cc1. The summed E-state index contributed by atoms with van der Waals surface area (Å²) < 4.78 is 5.31. The molecule has 0 spiro atoms. The van der Waals surface area contributed by atoms with Crippen molar-refractivity contribution < 1.29 is 23.9 Å². The molecule has 2 atom stereocenters. The second-order valence-corrected chi connectivity index (χ2v) is 7.68. The van der Waals surface area contributed by atoms with Crippen molar-refractivity contribution in [2.24, 2.45) is 5.92 Å². The lowest BCUT2D eigenvalue weighted by atomic mass is 10.1. The average Bonchev–Trinajstić information content (AvgIpc) is 3.14. The molecular weight excluding hydrogens is 396 g/mol. The molecule has 0 radical (unpaired) electrons. The number of benzene rings is 2. The topological polar surface area (TPSA) is 92.8 Å². The molecule has 3 rings (SSSR count). The number of nitrogens with one attached hydrogen (secondary N) is 1. The zero-order valence-corrected chi connectivity index (χ0v) is 17.7. The van der Waals surface area contributed by atoms with Gasteiger partial charge in [-0.25, -0.2) is 0 Å². The Morgan fingerprint density at radius 2 is 1.77 bits per heavy atom. The van der Waals surface area contributed by atoms with Gasteiger partial charge < -0.3 is 15.0 Å². The van der Waals surface area contributed by atoms with Gasteiger partial charge in [-0.3, -0.25) is 19.2 Å². The van der Waals surface area contributed by atoms with Crippen LogP contribution in [0.15, 0.2) is 54.6 Å². The van der Waals surface area contributed by atoms with Gasteiger partial charge in [0.05, 0.1) is 5.92 Å². The van der Waals surface area contributed by atoms with E-state index in [2.05, 4.69) is 5.32 Å². The number of esters is 1. The first-order valence-electron chi connectivity index (χ1n) is 10.3. The van der Waals surface area contributed by atoms with Gasteiger partial charge in [-0.15, -0.1) is 0 Å². The van der Waals surface area contributed by atoms with Crippen molar-refractivity contribution >= 4 is 29.3 Å². The van der Waals surface area contributed by atoms with E-state index >= 15 is 0 Å². The molecule has 0 aliphatic carbocycles. The number of nitrogens with zero attached hydrogens (tertiary/aromatic N) is 1. The molecule has 1 fully saturated rings. The molecule has 1 N–H and O–H groups in total. The van der Waals surface area contributed by atoms with Gasteiger partial charge in [0.25, 0.3) is 5.91 Å². The summed E-state index contributed by atoms with van der Waals surface area (Å²) in [5.41, 5.74) is 2.17. The van der Waals surface area contributed by atoms with Gasteiger partial charge in [-0.2, -0.15) is 0 Å². The largest absolute Gasteiger partial charge is 0.452 e. The van der Waals surface area contributed by atoms with Gasteiger partial charge in [-0.1, -0.05) is 30.3 Å². The lowest BCUT2D eigenvalue weighted by Crippen LogP contribution is -2.33. The lowest BCUT2D eigenvalue weighted by molar-refractivity contribution is -0.157. The van der Waals surface area contributed by atoms with E-state index in [0.717, 1.165) is 12.0 Å². The number of amides is 2. The van der Waals surface area contributed by atoms with E-state index in [0.29, 0.717) is 24.3 Å². The fraction of sp³-hybridized carbons (Fsp3) is 0.333. The van der Waals surface area contributed by atoms with Gasteiger partial charge in [0.1, 0.15) is 0 Å². The number of hydrogen-bond acceptors (Lipinski definition) is 5. The molecule has 2 aromatic carbocycles. The zero-order chi connectivity index (χ0) is 22.4. The van der Waals surface area contributed by atoms with Crippen molar-refractivity contribution in [3.63, 3.8) is 0 Å². The maximum atomic E-state index is 12.5. The highest BCUT2D eigenvalue weighted by Gasteiger charge is 2.36. The minimum atomic E-state index is -1.01. The third-order valence-electron chi connectivity index (χ3n) is 5.28. The normalized spacial score (nSPS) is 16.6. The summed E-state index contributed by atoms with van der Waals surface area (Å²) in [6.07, 6.45) is -0.196. The smallest absolute Gasteiger partial charge is 0.312 e. The molecule has 7 heteroatoms. The van der Waals surface area contributed by atoms with Crippen LogP contribution in [0.2, 0.25) is 0 Å². The van der Waals surface area contributed by atoms with Gasteiger partial charge in [-0.05, 0) is 50.1 Å². The quantitative estimate of drug-likeness (QED) is 0.522. The van der Waals surface area contributed by atoms with Crippen LogP contribution in [0, 0.1) is 5.92 Å². The van der Waals surface area contributed by atoms with Crippen molar-refractivity contribution in [2.45, 2.75) is 32.8 Å². The number of Topliss-reactive ketones (excluding diaryl/α,β-unsaturated/α-hetero) is 1. The van der Waals surface area contributed by atoms with E-state index < -0.39 is 23.9 Å². The van der Waals surface area contributed by atoms with Crippen LogP contribution in [0.25, 0.3) is 0 Å². The van der Waals surface area contributed by atoms with Gasteiger partial charge in [0, 0.05) is 30.8 Å². The molecule has 2 amide bonds. The Balaban J connectivity index is 1.48. The van der Waals surface area contributed by atoms with Crippen molar-refractivity contribution in [1.82, 2.24) is 4.90 Å². The first-order chi connectivity index (χ1) is 14.8. The van der Waals surface area contributed by atoms with Gasteiger partial charge >= 0.3 is 5.97 Å². The predicted molar refractivity (Wildman–Crippen MR) is 115 cm³/mol. The lowest BCUT2D eigenvalue weighted by Gasteiger charge is -2.18. The molecule has 0 aromatic heterocycles. The third kappa shape index (κ3) is 6.01. The Bertz CT molecular complexity index is 956. The maximum absolute atomic E-state index is 12.5. The molecule has 1 aliphatic rings. The summed E-state index contributed by atoms with van der Waals surface area (Å²) in [4.78, 5) is 50.1. The number of hydrogen-bond donors (Lipinski definition) is 1. The highest BCUT2D eigenvalue weighted by Crippen LogP contribution is 2.21. The minimum absolute atomic E-state index is 0.0657. The van der Waals surface area contributed by atoms with E-state index in [4.69, 9.17) is 4.74 Å². The Labute approximate surface area is 181 Å². The van der Waals surface area contributed by atoms with Gasteiger partial charge in [0.2, 0.25) is 5.91 Å². The van der Waals surface area contributed by atoms with E-state index in [9.17, 15) is 19.2 Å². The van der Waals surface area contributed by atoms with Crippen molar-refractivity contribution in [2.75, 3.05) is 18.4 Å². The molecular formula is C24H26N2O5. The molecule has 0 saturated carbocycles. The molecule has 0 unspecified atom stereocenters. The molecule has 0 bridgehead atoms. The Hall–Kier alpha value is -3.48. The first kappa shape index (κ1) is 22.2. The number of anilines is 1. The van der Waals surface area contributed by atoms with Crippen LogP contribution in [0.1, 0.15) is 36.2 Å². The molecule has 162 valence electrons. The van der Waals surface area contributed by atoms with Crippen LogP contribution < -0.4 is 5.32 Å². The van der Waals surface area contributed by atoms with Crippen LogP contribution in [0.3, 0.4) is 0 Å².